The number of nitro groups is 1. The number of thioether (sulfide) groups is 1. The van der Waals surface area contributed by atoms with Crippen molar-refractivity contribution < 1.29 is 4.92 Å². The summed E-state index contributed by atoms with van der Waals surface area (Å²) in [6.45, 7) is 2.54. The summed E-state index contributed by atoms with van der Waals surface area (Å²) in [6.07, 6.45) is 5.88. The first-order chi connectivity index (χ1) is 8.56. The molecule has 18 heavy (non-hydrogen) atoms. The van der Waals surface area contributed by atoms with Crippen LogP contribution < -0.4 is 5.32 Å². The highest BCUT2D eigenvalue weighted by Crippen LogP contribution is 2.42. The molecule has 0 amide bonds. The van der Waals surface area contributed by atoms with Crippen LogP contribution in [-0.4, -0.2) is 27.5 Å². The third-order valence-electron chi connectivity index (χ3n) is 3.54. The lowest BCUT2D eigenvalue weighted by molar-refractivity contribution is -0.385. The van der Waals surface area contributed by atoms with Crippen LogP contribution >= 0.6 is 11.8 Å². The maximum Gasteiger partial charge on any atom is 0.290 e. The van der Waals surface area contributed by atoms with Crippen molar-refractivity contribution in [2.75, 3.05) is 18.1 Å². The molecule has 1 saturated carbocycles. The van der Waals surface area contributed by atoms with Crippen LogP contribution in [-0.2, 0) is 0 Å². The highest BCUT2D eigenvalue weighted by Gasteiger charge is 2.35. The summed E-state index contributed by atoms with van der Waals surface area (Å²) in [6, 6.07) is 3.19. The Balaban J connectivity index is 2.02. The van der Waals surface area contributed by atoms with Crippen molar-refractivity contribution >= 4 is 23.3 Å². The maximum absolute atomic E-state index is 10.7. The summed E-state index contributed by atoms with van der Waals surface area (Å²) in [4.78, 5) is 14.5. The fourth-order valence-electron chi connectivity index (χ4n) is 2.12. The lowest BCUT2D eigenvalue weighted by atomic mass is 9.84. The van der Waals surface area contributed by atoms with E-state index in [2.05, 4.69) is 16.6 Å². The predicted molar refractivity (Wildman–Crippen MR) is 74.2 cm³/mol. The Labute approximate surface area is 111 Å². The van der Waals surface area contributed by atoms with E-state index in [1.165, 1.54) is 25.3 Å². The van der Waals surface area contributed by atoms with Crippen molar-refractivity contribution in [2.45, 2.75) is 30.9 Å². The number of rotatable bonds is 5. The molecule has 0 bridgehead atoms. The van der Waals surface area contributed by atoms with Gasteiger partial charge in [0, 0.05) is 17.4 Å². The zero-order valence-electron chi connectivity index (χ0n) is 10.6. The Kier molecular flexibility index (Phi) is 3.75. The van der Waals surface area contributed by atoms with Crippen LogP contribution in [0.5, 0.6) is 0 Å². The van der Waals surface area contributed by atoms with E-state index in [1.807, 2.05) is 11.8 Å². The number of pyridine rings is 1. The van der Waals surface area contributed by atoms with Crippen molar-refractivity contribution in [2.24, 2.45) is 0 Å². The summed E-state index contributed by atoms with van der Waals surface area (Å²) in [7, 11) is 0. The van der Waals surface area contributed by atoms with Gasteiger partial charge in [-0.05, 0) is 32.1 Å². The largest absolute Gasteiger partial charge is 0.369 e. The van der Waals surface area contributed by atoms with Crippen LogP contribution in [0.4, 0.5) is 11.5 Å². The summed E-state index contributed by atoms with van der Waals surface area (Å²) in [5.74, 6) is 0.721. The minimum absolute atomic E-state index is 0.0729. The smallest absolute Gasteiger partial charge is 0.290 e. The first-order valence-electron chi connectivity index (χ1n) is 5.97. The van der Waals surface area contributed by atoms with Gasteiger partial charge >= 0.3 is 0 Å². The zero-order chi connectivity index (χ0) is 13.2. The molecule has 1 heterocycles. The van der Waals surface area contributed by atoms with Crippen LogP contribution in [0.25, 0.3) is 0 Å². The van der Waals surface area contributed by atoms with Gasteiger partial charge in [0.25, 0.3) is 5.69 Å². The molecule has 0 aromatic carbocycles. The monoisotopic (exact) mass is 267 g/mol. The topological polar surface area (TPSA) is 68.1 Å². The van der Waals surface area contributed by atoms with Crippen molar-refractivity contribution in [1.82, 2.24) is 4.98 Å². The van der Waals surface area contributed by atoms with E-state index in [0.717, 1.165) is 12.4 Å². The van der Waals surface area contributed by atoms with Crippen molar-refractivity contribution in [1.29, 1.82) is 0 Å². The van der Waals surface area contributed by atoms with Crippen molar-refractivity contribution in [3.05, 3.63) is 27.9 Å². The van der Waals surface area contributed by atoms with Crippen molar-refractivity contribution in [3.63, 3.8) is 0 Å². The Morgan fingerprint density at radius 2 is 2.28 bits per heavy atom. The standard InChI is InChI=1S/C12H17N3O2S/c1-9-10(15(16)17)4-5-11(14-9)13-8-12(18-2)6-3-7-12/h4-5H,3,6-8H2,1-2H3,(H,13,14). The number of aryl methyl sites for hydroxylation is 1. The van der Waals surface area contributed by atoms with E-state index >= 15 is 0 Å². The molecule has 2 rings (SSSR count). The van der Waals surface area contributed by atoms with Gasteiger partial charge in [-0.2, -0.15) is 11.8 Å². The van der Waals surface area contributed by atoms with E-state index in [1.54, 1.807) is 13.0 Å². The Bertz CT molecular complexity index is 455. The normalized spacial score (nSPS) is 17.0. The molecule has 0 spiro atoms. The van der Waals surface area contributed by atoms with Gasteiger partial charge in [-0.15, -0.1) is 0 Å². The molecule has 0 unspecified atom stereocenters. The first-order valence-corrected chi connectivity index (χ1v) is 7.20. The van der Waals surface area contributed by atoms with E-state index in [9.17, 15) is 10.1 Å². The van der Waals surface area contributed by atoms with Gasteiger partial charge in [-0.25, -0.2) is 4.98 Å². The van der Waals surface area contributed by atoms with Crippen LogP contribution in [0.3, 0.4) is 0 Å². The summed E-state index contributed by atoms with van der Waals surface area (Å²) in [5, 5.41) is 14.0. The molecular formula is C12H17N3O2S. The van der Waals surface area contributed by atoms with Gasteiger partial charge in [-0.1, -0.05) is 6.42 Å². The summed E-state index contributed by atoms with van der Waals surface area (Å²) < 4.78 is 0.331. The SMILES string of the molecule is CSC1(CNc2ccc([N+](=O)[O-])c(C)n2)CCC1. The van der Waals surface area contributed by atoms with Gasteiger partial charge < -0.3 is 5.32 Å². The molecule has 0 saturated heterocycles. The van der Waals surface area contributed by atoms with Gasteiger partial charge in [0.05, 0.1) is 4.92 Å². The van der Waals surface area contributed by atoms with Gasteiger partial charge in [0.2, 0.25) is 0 Å². The number of nitrogens with zero attached hydrogens (tertiary/aromatic N) is 2. The Morgan fingerprint density at radius 1 is 1.56 bits per heavy atom. The fourth-order valence-corrected chi connectivity index (χ4v) is 3.03. The zero-order valence-corrected chi connectivity index (χ0v) is 11.4. The minimum atomic E-state index is -0.401. The molecule has 0 aliphatic heterocycles. The number of hydrogen-bond donors (Lipinski definition) is 1. The first kappa shape index (κ1) is 13.1. The van der Waals surface area contributed by atoms with Gasteiger partial charge in [0.1, 0.15) is 11.5 Å². The predicted octanol–water partition coefficient (Wildman–Crippen LogP) is 3.00. The quantitative estimate of drug-likeness (QED) is 0.656. The second-order valence-corrected chi connectivity index (χ2v) is 5.93. The summed E-state index contributed by atoms with van der Waals surface area (Å²) >= 11 is 1.89. The number of nitrogens with one attached hydrogen (secondary N) is 1. The molecule has 98 valence electrons. The van der Waals surface area contributed by atoms with Crippen LogP contribution in [0, 0.1) is 17.0 Å². The maximum atomic E-state index is 10.7. The average Bonchev–Trinajstić information content (AvgIpc) is 2.27. The summed E-state index contributed by atoms with van der Waals surface area (Å²) in [5.41, 5.74) is 0.528. The van der Waals surface area contributed by atoms with E-state index in [-0.39, 0.29) is 5.69 Å². The minimum Gasteiger partial charge on any atom is -0.369 e. The molecule has 0 radical (unpaired) electrons. The van der Waals surface area contributed by atoms with Crippen LogP contribution in [0.15, 0.2) is 12.1 Å². The molecule has 1 aromatic rings. The molecule has 1 aliphatic carbocycles. The molecule has 1 aromatic heterocycles. The molecule has 6 heteroatoms. The average molecular weight is 267 g/mol. The van der Waals surface area contributed by atoms with Crippen LogP contribution in [0.1, 0.15) is 25.0 Å². The second-order valence-electron chi connectivity index (χ2n) is 4.65. The molecule has 1 N–H and O–H groups in total. The Hall–Kier alpha value is -1.30. The second kappa shape index (κ2) is 5.14. The van der Waals surface area contributed by atoms with Crippen LogP contribution in [0.2, 0.25) is 0 Å². The molecule has 1 aliphatic rings. The molecular weight excluding hydrogens is 250 g/mol. The highest BCUT2D eigenvalue weighted by atomic mass is 32.2. The lowest BCUT2D eigenvalue weighted by Gasteiger charge is -2.40. The van der Waals surface area contributed by atoms with Crippen molar-refractivity contribution in [3.8, 4) is 0 Å². The van der Waals surface area contributed by atoms with Gasteiger partial charge in [0.15, 0.2) is 0 Å². The number of hydrogen-bond acceptors (Lipinski definition) is 5. The number of aromatic nitrogens is 1. The third kappa shape index (κ3) is 2.58. The fraction of sp³-hybridized carbons (Fsp3) is 0.583. The highest BCUT2D eigenvalue weighted by molar-refractivity contribution is 8.00. The lowest BCUT2D eigenvalue weighted by Crippen LogP contribution is -2.40. The third-order valence-corrected chi connectivity index (χ3v) is 4.96. The van der Waals surface area contributed by atoms with E-state index in [0.29, 0.717) is 10.4 Å². The molecule has 5 nitrogen and oxygen atoms in total. The van der Waals surface area contributed by atoms with E-state index in [4.69, 9.17) is 0 Å². The van der Waals surface area contributed by atoms with Gasteiger partial charge in [-0.3, -0.25) is 10.1 Å². The number of anilines is 1. The molecule has 1 fully saturated rings. The molecule has 0 atom stereocenters. The van der Waals surface area contributed by atoms with E-state index < -0.39 is 4.92 Å². The Morgan fingerprint density at radius 3 is 2.72 bits per heavy atom.